The van der Waals surface area contributed by atoms with Crippen molar-refractivity contribution in [2.24, 2.45) is 0 Å². The molecule has 0 bridgehead atoms. The van der Waals surface area contributed by atoms with E-state index in [0.717, 1.165) is 0 Å². The third-order valence-electron chi connectivity index (χ3n) is 2.54. The summed E-state index contributed by atoms with van der Waals surface area (Å²) in [6.07, 6.45) is 1.56. The SMILES string of the molecule is CC(C)(C)NCc1ncc(-c2cccc(F)c2Cl)o1. The largest absolute Gasteiger partial charge is 0.439 e. The van der Waals surface area contributed by atoms with Crippen LogP contribution in [0.1, 0.15) is 26.7 Å². The van der Waals surface area contributed by atoms with Gasteiger partial charge >= 0.3 is 0 Å². The average Bonchev–Trinajstić information content (AvgIpc) is 2.78. The van der Waals surface area contributed by atoms with E-state index in [9.17, 15) is 4.39 Å². The molecule has 1 heterocycles. The van der Waals surface area contributed by atoms with Crippen LogP contribution in [0.2, 0.25) is 5.02 Å². The zero-order valence-electron chi connectivity index (χ0n) is 11.1. The molecule has 0 atom stereocenters. The number of nitrogens with zero attached hydrogens (tertiary/aromatic N) is 1. The quantitative estimate of drug-likeness (QED) is 0.924. The molecule has 0 unspecified atom stereocenters. The second-order valence-electron chi connectivity index (χ2n) is 5.32. The summed E-state index contributed by atoms with van der Waals surface area (Å²) in [6.45, 7) is 6.68. The highest BCUT2D eigenvalue weighted by Gasteiger charge is 2.14. The first kappa shape index (κ1) is 14.0. The summed E-state index contributed by atoms with van der Waals surface area (Å²) >= 11 is 5.91. The highest BCUT2D eigenvalue weighted by Crippen LogP contribution is 2.30. The molecule has 102 valence electrons. The lowest BCUT2D eigenvalue weighted by molar-refractivity contribution is 0.383. The number of rotatable bonds is 3. The molecule has 0 saturated heterocycles. The second-order valence-corrected chi connectivity index (χ2v) is 5.70. The Hall–Kier alpha value is -1.39. The van der Waals surface area contributed by atoms with Crippen molar-refractivity contribution in [3.8, 4) is 11.3 Å². The molecule has 0 aliphatic carbocycles. The van der Waals surface area contributed by atoms with Crippen molar-refractivity contribution < 1.29 is 8.81 Å². The lowest BCUT2D eigenvalue weighted by Crippen LogP contribution is -2.35. The van der Waals surface area contributed by atoms with Crippen LogP contribution in [-0.4, -0.2) is 10.5 Å². The predicted octanol–water partition coefficient (Wildman–Crippen LogP) is 4.02. The number of hydrogen-bond donors (Lipinski definition) is 1. The lowest BCUT2D eigenvalue weighted by Gasteiger charge is -2.18. The van der Waals surface area contributed by atoms with Gasteiger partial charge in [-0.25, -0.2) is 9.37 Å². The summed E-state index contributed by atoms with van der Waals surface area (Å²) in [7, 11) is 0. The Morgan fingerprint density at radius 3 is 2.79 bits per heavy atom. The van der Waals surface area contributed by atoms with Gasteiger partial charge in [-0.3, -0.25) is 0 Å². The first-order chi connectivity index (χ1) is 8.87. The van der Waals surface area contributed by atoms with E-state index in [1.807, 2.05) is 0 Å². The van der Waals surface area contributed by atoms with Crippen LogP contribution in [0, 0.1) is 5.82 Å². The van der Waals surface area contributed by atoms with Gasteiger partial charge in [-0.05, 0) is 32.9 Å². The van der Waals surface area contributed by atoms with Crippen LogP contribution in [0.25, 0.3) is 11.3 Å². The Balaban J connectivity index is 2.19. The molecule has 0 aliphatic rings. The minimum Gasteiger partial charge on any atom is -0.439 e. The molecule has 0 saturated carbocycles. The van der Waals surface area contributed by atoms with Crippen LogP contribution in [-0.2, 0) is 6.54 Å². The molecule has 0 spiro atoms. The summed E-state index contributed by atoms with van der Waals surface area (Å²) < 4.78 is 18.9. The van der Waals surface area contributed by atoms with Crippen molar-refractivity contribution in [1.82, 2.24) is 10.3 Å². The molecule has 1 aromatic carbocycles. The van der Waals surface area contributed by atoms with Gasteiger partial charge in [-0.15, -0.1) is 0 Å². The molecule has 0 amide bonds. The Bertz CT molecular complexity index is 575. The van der Waals surface area contributed by atoms with Gasteiger partial charge in [0.25, 0.3) is 0 Å². The van der Waals surface area contributed by atoms with Gasteiger partial charge in [0, 0.05) is 11.1 Å². The number of nitrogens with one attached hydrogen (secondary N) is 1. The molecule has 2 aromatic rings. The van der Waals surface area contributed by atoms with Crippen LogP contribution < -0.4 is 5.32 Å². The maximum Gasteiger partial charge on any atom is 0.208 e. The summed E-state index contributed by atoms with van der Waals surface area (Å²) in [5.41, 5.74) is 0.488. The number of oxazole rings is 1. The number of hydrogen-bond acceptors (Lipinski definition) is 3. The fourth-order valence-corrected chi connectivity index (χ4v) is 1.77. The maximum atomic E-state index is 13.4. The van der Waals surface area contributed by atoms with Gasteiger partial charge in [-0.2, -0.15) is 0 Å². The van der Waals surface area contributed by atoms with Crippen molar-refractivity contribution in [1.29, 1.82) is 0 Å². The monoisotopic (exact) mass is 282 g/mol. The van der Waals surface area contributed by atoms with Crippen LogP contribution in [0.5, 0.6) is 0 Å². The van der Waals surface area contributed by atoms with Gasteiger partial charge < -0.3 is 9.73 Å². The normalized spacial score (nSPS) is 11.8. The van der Waals surface area contributed by atoms with Crippen molar-refractivity contribution in [2.75, 3.05) is 0 Å². The molecular formula is C14H16ClFN2O. The van der Waals surface area contributed by atoms with E-state index in [0.29, 0.717) is 23.8 Å². The smallest absolute Gasteiger partial charge is 0.208 e. The van der Waals surface area contributed by atoms with Crippen molar-refractivity contribution in [3.05, 3.63) is 41.1 Å². The first-order valence-electron chi connectivity index (χ1n) is 6.01. The molecule has 5 heteroatoms. The highest BCUT2D eigenvalue weighted by molar-refractivity contribution is 6.33. The van der Waals surface area contributed by atoms with E-state index < -0.39 is 5.82 Å². The Kier molecular flexibility index (Phi) is 3.92. The zero-order valence-corrected chi connectivity index (χ0v) is 11.9. The van der Waals surface area contributed by atoms with Crippen LogP contribution in [0.15, 0.2) is 28.8 Å². The molecular weight excluding hydrogens is 267 g/mol. The topological polar surface area (TPSA) is 38.1 Å². The van der Waals surface area contributed by atoms with Gasteiger partial charge in [-0.1, -0.05) is 17.7 Å². The number of benzene rings is 1. The van der Waals surface area contributed by atoms with E-state index in [2.05, 4.69) is 31.1 Å². The molecule has 1 N–H and O–H groups in total. The fraction of sp³-hybridized carbons (Fsp3) is 0.357. The summed E-state index contributed by atoms with van der Waals surface area (Å²) in [5.74, 6) is 0.547. The average molecular weight is 283 g/mol. The van der Waals surface area contributed by atoms with E-state index in [1.54, 1.807) is 18.3 Å². The molecule has 3 nitrogen and oxygen atoms in total. The number of aromatic nitrogens is 1. The molecule has 2 rings (SSSR count). The zero-order chi connectivity index (χ0) is 14.0. The first-order valence-corrected chi connectivity index (χ1v) is 6.39. The highest BCUT2D eigenvalue weighted by atomic mass is 35.5. The van der Waals surface area contributed by atoms with Gasteiger partial charge in [0.15, 0.2) is 5.76 Å². The second kappa shape index (κ2) is 5.31. The molecule has 1 aromatic heterocycles. The molecule has 0 aliphatic heterocycles. The Labute approximate surface area is 116 Å². The minimum atomic E-state index is -0.468. The fourth-order valence-electron chi connectivity index (χ4n) is 1.55. The summed E-state index contributed by atoms with van der Waals surface area (Å²) in [6, 6.07) is 4.60. The van der Waals surface area contributed by atoms with E-state index in [-0.39, 0.29) is 10.6 Å². The van der Waals surface area contributed by atoms with Gasteiger partial charge in [0.05, 0.1) is 17.8 Å². The van der Waals surface area contributed by atoms with Crippen LogP contribution in [0.4, 0.5) is 4.39 Å². The lowest BCUT2D eigenvalue weighted by atomic mass is 10.1. The third kappa shape index (κ3) is 3.55. The van der Waals surface area contributed by atoms with E-state index >= 15 is 0 Å². The van der Waals surface area contributed by atoms with E-state index in [1.165, 1.54) is 6.07 Å². The molecule has 0 radical (unpaired) electrons. The summed E-state index contributed by atoms with van der Waals surface area (Å²) in [4.78, 5) is 4.16. The van der Waals surface area contributed by atoms with Crippen LogP contribution in [0.3, 0.4) is 0 Å². The third-order valence-corrected chi connectivity index (χ3v) is 2.92. The molecule has 0 fully saturated rings. The van der Waals surface area contributed by atoms with Crippen molar-refractivity contribution in [3.63, 3.8) is 0 Å². The maximum absolute atomic E-state index is 13.4. The predicted molar refractivity (Wildman–Crippen MR) is 73.5 cm³/mol. The van der Waals surface area contributed by atoms with Crippen molar-refractivity contribution in [2.45, 2.75) is 32.9 Å². The molecule has 19 heavy (non-hydrogen) atoms. The van der Waals surface area contributed by atoms with Gasteiger partial charge in [0.1, 0.15) is 5.82 Å². The van der Waals surface area contributed by atoms with Crippen molar-refractivity contribution >= 4 is 11.6 Å². The Morgan fingerprint density at radius 1 is 1.37 bits per heavy atom. The van der Waals surface area contributed by atoms with Gasteiger partial charge in [0.2, 0.25) is 5.89 Å². The minimum absolute atomic E-state index is 0.0227. The summed E-state index contributed by atoms with van der Waals surface area (Å²) in [5, 5.41) is 3.32. The Morgan fingerprint density at radius 2 is 2.11 bits per heavy atom. The van der Waals surface area contributed by atoms with Crippen LogP contribution >= 0.6 is 11.6 Å². The standard InChI is InChI=1S/C14H16ClFN2O/c1-14(2,3)18-8-12-17-7-11(19-12)9-5-4-6-10(16)13(9)15/h4-7,18H,8H2,1-3H3. The van der Waals surface area contributed by atoms with E-state index in [4.69, 9.17) is 16.0 Å². The number of halogens is 2.